The van der Waals surface area contributed by atoms with E-state index in [1.165, 1.54) is 11.0 Å². The lowest BCUT2D eigenvalue weighted by Crippen LogP contribution is -2.34. The van der Waals surface area contributed by atoms with Gasteiger partial charge in [-0.05, 0) is 33.7 Å². The van der Waals surface area contributed by atoms with Gasteiger partial charge in [0.1, 0.15) is 12.4 Å². The molecule has 2 heterocycles. The highest BCUT2D eigenvalue weighted by Gasteiger charge is 2.22. The number of tetrazole rings is 1. The Labute approximate surface area is 149 Å². The number of carbonyl (C=O) groups is 1. The van der Waals surface area contributed by atoms with E-state index in [0.717, 1.165) is 16.9 Å². The minimum absolute atomic E-state index is 0.154. The Bertz CT molecular complexity index is 883. The molecule has 3 aromatic rings. The zero-order valence-corrected chi connectivity index (χ0v) is 13.9. The molecular formula is C18H17N5O3. The molecule has 8 heteroatoms. The molecule has 132 valence electrons. The Morgan fingerprint density at radius 1 is 1.12 bits per heavy atom. The van der Waals surface area contributed by atoms with E-state index in [4.69, 9.17) is 9.47 Å². The highest BCUT2D eigenvalue weighted by molar-refractivity contribution is 5.80. The second kappa shape index (κ2) is 7.22. The molecule has 1 amide bonds. The zero-order chi connectivity index (χ0) is 17.8. The van der Waals surface area contributed by atoms with Crippen molar-refractivity contribution in [3.63, 3.8) is 0 Å². The number of amides is 1. The highest BCUT2D eigenvalue weighted by Crippen LogP contribution is 2.32. The van der Waals surface area contributed by atoms with Crippen LogP contribution in [0.3, 0.4) is 0 Å². The lowest BCUT2D eigenvalue weighted by Gasteiger charge is -2.16. The molecule has 1 atom stereocenters. The molecule has 26 heavy (non-hydrogen) atoms. The van der Waals surface area contributed by atoms with Gasteiger partial charge in [-0.15, -0.1) is 5.10 Å². The van der Waals surface area contributed by atoms with Crippen LogP contribution in [0.2, 0.25) is 0 Å². The first-order valence-electron chi connectivity index (χ1n) is 8.22. The SMILES string of the molecule is O=C(NCc1ccc2c(c1)OCO2)[C@@H](Cc1ccccc1)n1cnnn1. The summed E-state index contributed by atoms with van der Waals surface area (Å²) >= 11 is 0. The first-order chi connectivity index (χ1) is 12.8. The summed E-state index contributed by atoms with van der Waals surface area (Å²) < 4.78 is 12.1. The van der Waals surface area contributed by atoms with E-state index in [-0.39, 0.29) is 12.7 Å². The van der Waals surface area contributed by atoms with Crippen LogP contribution in [-0.4, -0.2) is 32.9 Å². The van der Waals surface area contributed by atoms with Gasteiger partial charge in [0.15, 0.2) is 11.5 Å². The van der Waals surface area contributed by atoms with Gasteiger partial charge >= 0.3 is 0 Å². The average Bonchev–Trinajstić information content (AvgIpc) is 3.36. The maximum absolute atomic E-state index is 12.8. The molecule has 0 radical (unpaired) electrons. The first kappa shape index (κ1) is 16.1. The molecule has 0 aliphatic carbocycles. The fourth-order valence-corrected chi connectivity index (χ4v) is 2.81. The lowest BCUT2D eigenvalue weighted by molar-refractivity contribution is -0.124. The van der Waals surface area contributed by atoms with Crippen LogP contribution in [0, 0.1) is 0 Å². The van der Waals surface area contributed by atoms with Crippen molar-refractivity contribution in [2.75, 3.05) is 6.79 Å². The molecule has 2 aromatic carbocycles. The van der Waals surface area contributed by atoms with E-state index in [1.54, 1.807) is 0 Å². The molecule has 0 saturated heterocycles. The number of rotatable bonds is 6. The average molecular weight is 351 g/mol. The number of hydrogen-bond donors (Lipinski definition) is 1. The highest BCUT2D eigenvalue weighted by atomic mass is 16.7. The zero-order valence-electron chi connectivity index (χ0n) is 13.9. The molecular weight excluding hydrogens is 334 g/mol. The Balaban J connectivity index is 1.46. The lowest BCUT2D eigenvalue weighted by atomic mass is 10.1. The van der Waals surface area contributed by atoms with Crippen molar-refractivity contribution in [1.29, 1.82) is 0 Å². The molecule has 4 rings (SSSR count). The van der Waals surface area contributed by atoms with Crippen LogP contribution >= 0.6 is 0 Å². The van der Waals surface area contributed by atoms with Gasteiger partial charge in [0, 0.05) is 13.0 Å². The number of hydrogen-bond acceptors (Lipinski definition) is 6. The Morgan fingerprint density at radius 3 is 2.77 bits per heavy atom. The third kappa shape index (κ3) is 3.49. The first-order valence-corrected chi connectivity index (χ1v) is 8.22. The minimum Gasteiger partial charge on any atom is -0.454 e. The molecule has 0 unspecified atom stereocenters. The van der Waals surface area contributed by atoms with Crippen LogP contribution in [0.4, 0.5) is 0 Å². The van der Waals surface area contributed by atoms with Gasteiger partial charge in [-0.25, -0.2) is 4.68 Å². The summed E-state index contributed by atoms with van der Waals surface area (Å²) in [7, 11) is 0. The summed E-state index contributed by atoms with van der Waals surface area (Å²) in [6.45, 7) is 0.604. The Kier molecular flexibility index (Phi) is 4.46. The van der Waals surface area contributed by atoms with Crippen molar-refractivity contribution in [2.45, 2.75) is 19.0 Å². The number of nitrogens with zero attached hydrogens (tertiary/aromatic N) is 4. The van der Waals surface area contributed by atoms with E-state index < -0.39 is 6.04 Å². The predicted octanol–water partition coefficient (Wildman–Crippen LogP) is 1.50. The fraction of sp³-hybridized carbons (Fsp3) is 0.222. The second-order valence-electron chi connectivity index (χ2n) is 5.90. The summed E-state index contributed by atoms with van der Waals surface area (Å²) in [5.74, 6) is 1.26. The maximum Gasteiger partial charge on any atom is 0.245 e. The predicted molar refractivity (Wildman–Crippen MR) is 91.4 cm³/mol. The maximum atomic E-state index is 12.8. The van der Waals surface area contributed by atoms with E-state index in [0.29, 0.717) is 18.7 Å². The van der Waals surface area contributed by atoms with Crippen LogP contribution in [0.1, 0.15) is 17.2 Å². The molecule has 1 N–H and O–H groups in total. The number of fused-ring (bicyclic) bond motifs is 1. The fourth-order valence-electron chi connectivity index (χ4n) is 2.81. The summed E-state index contributed by atoms with van der Waals surface area (Å²) in [5, 5.41) is 14.1. The van der Waals surface area contributed by atoms with Gasteiger partial charge in [0.2, 0.25) is 12.7 Å². The number of nitrogens with one attached hydrogen (secondary N) is 1. The largest absolute Gasteiger partial charge is 0.454 e. The number of benzene rings is 2. The van der Waals surface area contributed by atoms with E-state index >= 15 is 0 Å². The molecule has 1 aliphatic rings. The van der Waals surface area contributed by atoms with Gasteiger partial charge in [0.25, 0.3) is 0 Å². The van der Waals surface area contributed by atoms with Crippen molar-refractivity contribution in [1.82, 2.24) is 25.5 Å². The van der Waals surface area contributed by atoms with E-state index in [1.807, 2.05) is 48.5 Å². The van der Waals surface area contributed by atoms with Crippen molar-refractivity contribution in [3.05, 3.63) is 66.0 Å². The Morgan fingerprint density at radius 2 is 1.96 bits per heavy atom. The van der Waals surface area contributed by atoms with Crippen molar-refractivity contribution >= 4 is 5.91 Å². The van der Waals surface area contributed by atoms with Crippen LogP contribution in [0.15, 0.2) is 54.9 Å². The second-order valence-corrected chi connectivity index (χ2v) is 5.90. The summed E-state index contributed by atoms with van der Waals surface area (Å²) in [4.78, 5) is 12.8. The third-order valence-electron chi connectivity index (χ3n) is 4.16. The van der Waals surface area contributed by atoms with Gasteiger partial charge in [-0.1, -0.05) is 36.4 Å². The van der Waals surface area contributed by atoms with Gasteiger partial charge in [-0.3, -0.25) is 4.79 Å². The van der Waals surface area contributed by atoms with Crippen molar-refractivity contribution < 1.29 is 14.3 Å². The number of carbonyl (C=O) groups excluding carboxylic acids is 1. The Hall–Kier alpha value is -3.42. The molecule has 0 spiro atoms. The normalized spacial score (nSPS) is 13.4. The standard InChI is InChI=1S/C18H17N5O3/c24-18(19-10-14-6-7-16-17(9-14)26-12-25-16)15(23-11-20-21-22-23)8-13-4-2-1-3-5-13/h1-7,9,11,15H,8,10,12H2,(H,19,24)/t15-/m1/s1. The number of aromatic nitrogens is 4. The third-order valence-corrected chi connectivity index (χ3v) is 4.16. The molecule has 0 fully saturated rings. The van der Waals surface area contributed by atoms with E-state index in [2.05, 4.69) is 20.8 Å². The van der Waals surface area contributed by atoms with Crippen molar-refractivity contribution in [3.8, 4) is 11.5 Å². The van der Waals surface area contributed by atoms with Gasteiger partial charge in [-0.2, -0.15) is 0 Å². The van der Waals surface area contributed by atoms with Crippen molar-refractivity contribution in [2.24, 2.45) is 0 Å². The molecule has 1 aromatic heterocycles. The molecule has 8 nitrogen and oxygen atoms in total. The van der Waals surface area contributed by atoms with Gasteiger partial charge < -0.3 is 14.8 Å². The van der Waals surface area contributed by atoms with Crippen LogP contribution < -0.4 is 14.8 Å². The monoisotopic (exact) mass is 351 g/mol. The summed E-state index contributed by atoms with van der Waals surface area (Å²) in [6.07, 6.45) is 1.95. The number of ether oxygens (including phenoxy) is 2. The summed E-state index contributed by atoms with van der Waals surface area (Å²) in [6, 6.07) is 14.9. The molecule has 1 aliphatic heterocycles. The molecule has 0 bridgehead atoms. The molecule has 0 saturated carbocycles. The van der Waals surface area contributed by atoms with Crippen LogP contribution in [0.25, 0.3) is 0 Å². The minimum atomic E-state index is -0.526. The summed E-state index contributed by atoms with van der Waals surface area (Å²) in [5.41, 5.74) is 1.96. The van der Waals surface area contributed by atoms with Crippen LogP contribution in [0.5, 0.6) is 11.5 Å². The van der Waals surface area contributed by atoms with E-state index in [9.17, 15) is 4.79 Å². The smallest absolute Gasteiger partial charge is 0.245 e. The quantitative estimate of drug-likeness (QED) is 0.724. The van der Waals surface area contributed by atoms with Gasteiger partial charge in [0.05, 0.1) is 0 Å². The topological polar surface area (TPSA) is 91.2 Å². The van der Waals surface area contributed by atoms with Crippen LogP contribution in [-0.2, 0) is 17.8 Å².